The van der Waals surface area contributed by atoms with Crippen LogP contribution in [-0.4, -0.2) is 47.3 Å². The Morgan fingerprint density at radius 3 is 1.35 bits per heavy atom. The van der Waals surface area contributed by atoms with Gasteiger partial charge in [0.25, 0.3) is 0 Å². The first-order chi connectivity index (χ1) is 14.8. The number of hydrogen-bond acceptors (Lipinski definition) is 4. The van der Waals surface area contributed by atoms with Crippen LogP contribution in [-0.2, 0) is 14.2 Å². The minimum absolute atomic E-state index is 1.31. The highest BCUT2D eigenvalue weighted by molar-refractivity contribution is 5.04. The first-order valence-electron chi connectivity index (χ1n) is 7.24. The first-order valence-corrected chi connectivity index (χ1v) is 7.24. The highest BCUT2D eigenvalue weighted by atomic mass is 19.4. The van der Waals surface area contributed by atoms with Crippen molar-refractivity contribution in [2.24, 2.45) is 0 Å². The van der Waals surface area contributed by atoms with Crippen molar-refractivity contribution in [3.8, 4) is 0 Å². The maximum atomic E-state index is 13.5. The van der Waals surface area contributed by atoms with Crippen molar-refractivity contribution in [3.63, 3.8) is 0 Å². The van der Waals surface area contributed by atoms with Gasteiger partial charge in [-0.1, -0.05) is 18.1 Å². The summed E-state index contributed by atoms with van der Waals surface area (Å²) in [6, 6.07) is -27.3. The zero-order valence-corrected chi connectivity index (χ0v) is 15.2. The Balaban J connectivity index is 0.00000196. The van der Waals surface area contributed by atoms with Crippen LogP contribution < -0.4 is 0 Å². The van der Waals surface area contributed by atoms with E-state index < -0.39 is 59.4 Å². The lowest BCUT2D eigenvalue weighted by atomic mass is 10.1. The fourth-order valence-electron chi connectivity index (χ4n) is 1.67. The highest BCUT2D eigenvalue weighted by Crippen LogP contribution is 2.62. The Morgan fingerprint density at radius 2 is 1.09 bits per heavy atom. The minimum atomic E-state index is -8.15. The van der Waals surface area contributed by atoms with Gasteiger partial charge in [-0.05, 0) is 0 Å². The quantitative estimate of drug-likeness (QED) is 0.198. The van der Waals surface area contributed by atoms with E-state index in [1.165, 1.54) is 12.5 Å². The average molecular weight is 547 g/mol. The van der Waals surface area contributed by atoms with Crippen molar-refractivity contribution in [2.75, 3.05) is 0 Å². The van der Waals surface area contributed by atoms with Gasteiger partial charge in [0, 0.05) is 0 Å². The molecular weight excluding hydrogens is 541 g/mol. The van der Waals surface area contributed by atoms with Crippen LogP contribution in [0.4, 0.5) is 74.6 Å². The Kier molecular flexibility index (Phi) is 8.63. The zero-order chi connectivity index (χ0) is 27.8. The maximum absolute atomic E-state index is 13.5. The second-order valence-corrected chi connectivity index (χ2v) is 5.29. The number of morpholine rings is 1. The third-order valence-corrected chi connectivity index (χ3v) is 3.10. The number of rotatable bonds is 7. The second-order valence-electron chi connectivity index (χ2n) is 5.29. The van der Waals surface area contributed by atoms with Crippen molar-refractivity contribution < 1.29 is 88.8 Å². The molecule has 0 unspecified atom stereocenters. The van der Waals surface area contributed by atoms with E-state index in [9.17, 15) is 74.6 Å². The molecule has 0 aromatic heterocycles. The topological polar surface area (TPSA) is 30.9 Å². The standard InChI is InChI=1S/C9F17NO2.C4H6O/c10-1(11)2(12)28-7(21,22)3(13,14)4(15,16)27-5(17,18)8(23,24)29-9(25,26)6(27,19)20;1-3-5-4-2/h;3-4H,1-2H2. The SMILES string of the molecule is C=COC=C.FC(F)=C(F)OC(F)(F)C(F)(F)C(F)(F)N1C(F)(F)C(F)(F)OC(F)(F)C1(F)F. The predicted octanol–water partition coefficient (Wildman–Crippen LogP) is 6.85. The van der Waals surface area contributed by atoms with E-state index in [0.717, 1.165) is 0 Å². The smallest absolute Gasteiger partial charge is 0.474 e. The molecule has 1 fully saturated rings. The normalized spacial score (nSPS) is 21.4. The molecule has 34 heavy (non-hydrogen) atoms. The third kappa shape index (κ3) is 5.13. The van der Waals surface area contributed by atoms with Crippen LogP contribution in [0.5, 0.6) is 0 Å². The van der Waals surface area contributed by atoms with Gasteiger partial charge in [0.05, 0.1) is 12.5 Å². The second kappa shape index (κ2) is 9.30. The van der Waals surface area contributed by atoms with Gasteiger partial charge in [-0.3, -0.25) is 0 Å². The van der Waals surface area contributed by atoms with E-state index in [2.05, 4.69) is 17.9 Å². The van der Waals surface area contributed by atoms with Crippen molar-refractivity contribution >= 4 is 0 Å². The van der Waals surface area contributed by atoms with Crippen LogP contribution in [0.1, 0.15) is 0 Å². The van der Waals surface area contributed by atoms with Crippen molar-refractivity contribution in [2.45, 2.75) is 42.4 Å². The summed E-state index contributed by atoms with van der Waals surface area (Å²) in [5, 5.41) is 0. The van der Waals surface area contributed by atoms with E-state index in [4.69, 9.17) is 0 Å². The van der Waals surface area contributed by atoms with Crippen LogP contribution in [0.3, 0.4) is 0 Å². The van der Waals surface area contributed by atoms with Gasteiger partial charge in [0.15, 0.2) is 0 Å². The van der Waals surface area contributed by atoms with Gasteiger partial charge >= 0.3 is 54.5 Å². The van der Waals surface area contributed by atoms with Gasteiger partial charge in [0.2, 0.25) is 0 Å². The molecule has 0 aliphatic carbocycles. The minimum Gasteiger partial charge on any atom is -0.474 e. The summed E-state index contributed by atoms with van der Waals surface area (Å²) in [5.74, 6) is -8.04. The molecule has 0 spiro atoms. The van der Waals surface area contributed by atoms with Crippen molar-refractivity contribution in [1.82, 2.24) is 4.90 Å². The molecular formula is C13H6F17NO3. The average Bonchev–Trinajstić information content (AvgIpc) is 2.59. The zero-order valence-electron chi connectivity index (χ0n) is 15.2. The molecule has 4 nitrogen and oxygen atoms in total. The van der Waals surface area contributed by atoms with Crippen LogP contribution in [0.2, 0.25) is 0 Å². The molecule has 1 heterocycles. The predicted molar refractivity (Wildman–Crippen MR) is 70.5 cm³/mol. The van der Waals surface area contributed by atoms with Crippen molar-refractivity contribution in [1.29, 1.82) is 0 Å². The lowest BCUT2D eigenvalue weighted by molar-refractivity contribution is -0.599. The maximum Gasteiger partial charge on any atom is 0.474 e. The highest BCUT2D eigenvalue weighted by Gasteiger charge is 2.92. The molecule has 0 atom stereocenters. The summed E-state index contributed by atoms with van der Waals surface area (Å²) < 4.78 is 227. The number of alkyl halides is 14. The monoisotopic (exact) mass is 547 g/mol. The van der Waals surface area contributed by atoms with Gasteiger partial charge in [-0.2, -0.15) is 74.6 Å². The number of ether oxygens (including phenoxy) is 3. The molecule has 0 amide bonds. The first kappa shape index (κ1) is 31.6. The van der Waals surface area contributed by atoms with E-state index in [1.807, 2.05) is 0 Å². The third-order valence-electron chi connectivity index (χ3n) is 3.10. The lowest BCUT2D eigenvalue weighted by Gasteiger charge is -2.50. The lowest BCUT2D eigenvalue weighted by Crippen LogP contribution is -2.81. The van der Waals surface area contributed by atoms with Gasteiger partial charge in [-0.15, -0.1) is 0 Å². The van der Waals surface area contributed by atoms with E-state index >= 15 is 0 Å². The molecule has 0 aromatic carbocycles. The molecule has 0 saturated carbocycles. The Labute approximate surface area is 175 Å². The Bertz CT molecular complexity index is 758. The van der Waals surface area contributed by atoms with Crippen molar-refractivity contribution in [3.05, 3.63) is 37.8 Å². The molecule has 0 bridgehead atoms. The van der Waals surface area contributed by atoms with Gasteiger partial charge in [0.1, 0.15) is 0 Å². The van der Waals surface area contributed by atoms with Gasteiger partial charge in [-0.25, -0.2) is 4.74 Å². The van der Waals surface area contributed by atoms with E-state index in [1.54, 1.807) is 9.47 Å². The summed E-state index contributed by atoms with van der Waals surface area (Å²) in [5.41, 5.74) is 0. The van der Waals surface area contributed by atoms with Crippen LogP contribution >= 0.6 is 0 Å². The molecule has 0 radical (unpaired) electrons. The summed E-state index contributed by atoms with van der Waals surface area (Å²) >= 11 is 0. The Morgan fingerprint density at radius 1 is 0.735 bits per heavy atom. The molecule has 0 aromatic rings. The largest absolute Gasteiger partial charge is 0.474 e. The molecule has 1 rings (SSSR count). The molecule has 200 valence electrons. The van der Waals surface area contributed by atoms with E-state index in [-0.39, 0.29) is 0 Å². The molecule has 1 saturated heterocycles. The summed E-state index contributed by atoms with van der Waals surface area (Å²) in [7, 11) is 0. The molecule has 0 N–H and O–H groups in total. The van der Waals surface area contributed by atoms with Gasteiger partial charge < -0.3 is 9.47 Å². The van der Waals surface area contributed by atoms with Crippen LogP contribution in [0.15, 0.2) is 37.8 Å². The van der Waals surface area contributed by atoms with Crippen LogP contribution in [0, 0.1) is 0 Å². The fourth-order valence-corrected chi connectivity index (χ4v) is 1.67. The summed E-state index contributed by atoms with van der Waals surface area (Å²) in [4.78, 5) is -4.32. The molecule has 21 heteroatoms. The van der Waals surface area contributed by atoms with E-state index in [0.29, 0.717) is 0 Å². The fraction of sp³-hybridized carbons (Fsp3) is 0.538. The number of nitrogens with zero attached hydrogens (tertiary/aromatic N) is 1. The summed E-state index contributed by atoms with van der Waals surface area (Å²) in [6.45, 7) is 6.51. The summed E-state index contributed by atoms with van der Waals surface area (Å²) in [6.07, 6.45) is -23.1. The van der Waals surface area contributed by atoms with Crippen LogP contribution in [0.25, 0.3) is 0 Å². The Hall–Kier alpha value is -2.45. The molecule has 1 aliphatic heterocycles. The number of hydrogen-bond donors (Lipinski definition) is 0. The number of halogens is 17. The molecule has 1 aliphatic rings.